The van der Waals surface area contributed by atoms with Gasteiger partial charge in [0.05, 0.1) is 13.7 Å². The molecule has 2 aromatic rings. The highest BCUT2D eigenvalue weighted by atomic mass is 35.5. The molecule has 1 unspecified atom stereocenters. The average molecular weight is 350 g/mol. The van der Waals surface area contributed by atoms with Gasteiger partial charge in [0.1, 0.15) is 23.9 Å². The summed E-state index contributed by atoms with van der Waals surface area (Å²) in [6, 6.07) is 14.1. The van der Waals surface area contributed by atoms with Gasteiger partial charge in [-0.1, -0.05) is 11.6 Å². The summed E-state index contributed by atoms with van der Waals surface area (Å²) in [5.74, 6) is 1.87. The summed E-state index contributed by atoms with van der Waals surface area (Å²) >= 11 is 5.81. The number of halogens is 1. The van der Waals surface area contributed by atoms with Gasteiger partial charge in [-0.25, -0.2) is 0 Å². The molecular formula is C18H20ClNO4. The number of nitrogens with one attached hydrogen (secondary N) is 1. The summed E-state index contributed by atoms with van der Waals surface area (Å²) in [5.41, 5.74) is 0. The summed E-state index contributed by atoms with van der Waals surface area (Å²) in [4.78, 5) is 12.0. The molecule has 128 valence electrons. The smallest absolute Gasteiger partial charge is 0.260 e. The maximum absolute atomic E-state index is 12.0. The Labute approximate surface area is 146 Å². The van der Waals surface area contributed by atoms with Crippen molar-refractivity contribution in [3.63, 3.8) is 0 Å². The maximum atomic E-state index is 12.0. The Kier molecular flexibility index (Phi) is 6.75. The average Bonchev–Trinajstić information content (AvgIpc) is 2.61. The molecule has 1 atom stereocenters. The van der Waals surface area contributed by atoms with Crippen LogP contribution >= 0.6 is 11.6 Å². The molecule has 1 N–H and O–H groups in total. The van der Waals surface area contributed by atoms with Gasteiger partial charge < -0.3 is 19.5 Å². The van der Waals surface area contributed by atoms with Crippen molar-refractivity contribution in [2.24, 2.45) is 0 Å². The zero-order chi connectivity index (χ0) is 17.4. The van der Waals surface area contributed by atoms with Crippen LogP contribution < -0.4 is 19.5 Å². The van der Waals surface area contributed by atoms with Crippen LogP contribution in [-0.2, 0) is 4.79 Å². The Morgan fingerprint density at radius 3 is 2.25 bits per heavy atom. The van der Waals surface area contributed by atoms with Crippen molar-refractivity contribution in [3.8, 4) is 17.2 Å². The normalized spacial score (nSPS) is 11.5. The molecule has 0 aliphatic heterocycles. The summed E-state index contributed by atoms with van der Waals surface area (Å²) in [6.07, 6.45) is -0.604. The van der Waals surface area contributed by atoms with Crippen LogP contribution in [0.15, 0.2) is 48.5 Å². The van der Waals surface area contributed by atoms with E-state index in [2.05, 4.69) is 5.32 Å². The fraction of sp³-hybridized carbons (Fsp3) is 0.278. The van der Waals surface area contributed by atoms with E-state index < -0.39 is 6.10 Å². The van der Waals surface area contributed by atoms with Crippen molar-refractivity contribution in [2.75, 3.05) is 20.3 Å². The first-order valence-corrected chi connectivity index (χ1v) is 7.93. The van der Waals surface area contributed by atoms with E-state index in [9.17, 15) is 4.79 Å². The first-order valence-electron chi connectivity index (χ1n) is 7.55. The molecule has 0 spiro atoms. The third-order valence-corrected chi connectivity index (χ3v) is 3.48. The largest absolute Gasteiger partial charge is 0.497 e. The maximum Gasteiger partial charge on any atom is 0.260 e. The lowest BCUT2D eigenvalue weighted by molar-refractivity contribution is -0.127. The molecule has 2 aromatic carbocycles. The Bertz CT molecular complexity index is 643. The molecule has 0 fully saturated rings. The second-order valence-electron chi connectivity index (χ2n) is 5.03. The van der Waals surface area contributed by atoms with Crippen LogP contribution in [-0.4, -0.2) is 32.3 Å². The van der Waals surface area contributed by atoms with Gasteiger partial charge >= 0.3 is 0 Å². The van der Waals surface area contributed by atoms with Gasteiger partial charge in [-0.15, -0.1) is 0 Å². The molecule has 0 bridgehead atoms. The molecular weight excluding hydrogens is 330 g/mol. The van der Waals surface area contributed by atoms with E-state index in [0.717, 1.165) is 11.5 Å². The topological polar surface area (TPSA) is 56.8 Å². The van der Waals surface area contributed by atoms with E-state index in [1.807, 2.05) is 24.3 Å². The predicted octanol–water partition coefficient (Wildman–Crippen LogP) is 3.31. The number of amides is 1. The number of carbonyl (C=O) groups is 1. The lowest BCUT2D eigenvalue weighted by Crippen LogP contribution is -2.38. The standard InChI is InChI=1S/C18H20ClNO4/c1-13(24-17-5-3-14(19)4-6-17)18(21)20-11-12-23-16-9-7-15(22-2)8-10-16/h3-10,13H,11-12H2,1-2H3,(H,20,21). The van der Waals surface area contributed by atoms with Crippen LogP contribution in [0.3, 0.4) is 0 Å². The van der Waals surface area contributed by atoms with Gasteiger partial charge in [0, 0.05) is 5.02 Å². The minimum Gasteiger partial charge on any atom is -0.497 e. The van der Waals surface area contributed by atoms with Crippen molar-refractivity contribution in [1.82, 2.24) is 5.32 Å². The minimum atomic E-state index is -0.604. The van der Waals surface area contributed by atoms with E-state index >= 15 is 0 Å². The number of hydrogen-bond acceptors (Lipinski definition) is 4. The van der Waals surface area contributed by atoms with E-state index in [4.69, 9.17) is 25.8 Å². The zero-order valence-corrected chi connectivity index (χ0v) is 14.4. The number of methoxy groups -OCH3 is 1. The fourth-order valence-electron chi connectivity index (χ4n) is 1.93. The molecule has 5 nitrogen and oxygen atoms in total. The molecule has 0 aliphatic rings. The number of rotatable bonds is 8. The summed E-state index contributed by atoms with van der Waals surface area (Å²) < 4.78 is 16.2. The van der Waals surface area contributed by atoms with Crippen LogP contribution in [0, 0.1) is 0 Å². The molecule has 2 rings (SSSR count). The van der Waals surface area contributed by atoms with Crippen LogP contribution in [0.2, 0.25) is 5.02 Å². The Morgan fingerprint density at radius 1 is 1.04 bits per heavy atom. The fourth-order valence-corrected chi connectivity index (χ4v) is 2.06. The molecule has 24 heavy (non-hydrogen) atoms. The quantitative estimate of drug-likeness (QED) is 0.743. The third kappa shape index (κ3) is 5.66. The van der Waals surface area contributed by atoms with Crippen molar-refractivity contribution in [2.45, 2.75) is 13.0 Å². The van der Waals surface area contributed by atoms with E-state index in [-0.39, 0.29) is 5.91 Å². The van der Waals surface area contributed by atoms with E-state index in [1.54, 1.807) is 38.3 Å². The van der Waals surface area contributed by atoms with Gasteiger partial charge in [0.25, 0.3) is 5.91 Å². The molecule has 0 saturated heterocycles. The molecule has 0 aromatic heterocycles. The molecule has 6 heteroatoms. The van der Waals surface area contributed by atoms with Gasteiger partial charge in [-0.3, -0.25) is 4.79 Å². The molecule has 1 amide bonds. The van der Waals surface area contributed by atoms with E-state index in [1.165, 1.54) is 0 Å². The van der Waals surface area contributed by atoms with Gasteiger partial charge in [-0.05, 0) is 55.5 Å². The third-order valence-electron chi connectivity index (χ3n) is 3.23. The molecule has 0 aliphatic carbocycles. The highest BCUT2D eigenvalue weighted by molar-refractivity contribution is 6.30. The number of hydrogen-bond donors (Lipinski definition) is 1. The minimum absolute atomic E-state index is 0.205. The highest BCUT2D eigenvalue weighted by Crippen LogP contribution is 2.17. The van der Waals surface area contributed by atoms with Gasteiger partial charge in [-0.2, -0.15) is 0 Å². The summed E-state index contributed by atoms with van der Waals surface area (Å²) in [6.45, 7) is 2.44. The predicted molar refractivity (Wildman–Crippen MR) is 93.0 cm³/mol. The molecule has 0 radical (unpaired) electrons. The van der Waals surface area contributed by atoms with E-state index in [0.29, 0.717) is 23.9 Å². The highest BCUT2D eigenvalue weighted by Gasteiger charge is 2.13. The first kappa shape index (κ1) is 17.9. The Hall–Kier alpha value is -2.40. The van der Waals surface area contributed by atoms with Gasteiger partial charge in [0.2, 0.25) is 0 Å². The summed E-state index contributed by atoms with van der Waals surface area (Å²) in [7, 11) is 1.61. The molecule has 0 heterocycles. The van der Waals surface area contributed by atoms with Crippen LogP contribution in [0.1, 0.15) is 6.92 Å². The second-order valence-corrected chi connectivity index (χ2v) is 5.47. The van der Waals surface area contributed by atoms with Crippen LogP contribution in [0.4, 0.5) is 0 Å². The number of carbonyl (C=O) groups excluding carboxylic acids is 1. The Balaban J connectivity index is 1.69. The van der Waals surface area contributed by atoms with Crippen molar-refractivity contribution in [1.29, 1.82) is 0 Å². The van der Waals surface area contributed by atoms with Crippen LogP contribution in [0.5, 0.6) is 17.2 Å². The van der Waals surface area contributed by atoms with Crippen molar-refractivity contribution >= 4 is 17.5 Å². The van der Waals surface area contributed by atoms with Crippen molar-refractivity contribution in [3.05, 3.63) is 53.6 Å². The first-order chi connectivity index (χ1) is 11.6. The number of ether oxygens (including phenoxy) is 3. The second kappa shape index (κ2) is 9.03. The molecule has 0 saturated carbocycles. The lowest BCUT2D eigenvalue weighted by atomic mass is 10.3. The summed E-state index contributed by atoms with van der Waals surface area (Å²) in [5, 5.41) is 3.39. The lowest BCUT2D eigenvalue weighted by Gasteiger charge is -2.15. The van der Waals surface area contributed by atoms with Crippen molar-refractivity contribution < 1.29 is 19.0 Å². The number of benzene rings is 2. The monoisotopic (exact) mass is 349 g/mol. The van der Waals surface area contributed by atoms with Crippen LogP contribution in [0.25, 0.3) is 0 Å². The SMILES string of the molecule is COc1ccc(OCCNC(=O)C(C)Oc2ccc(Cl)cc2)cc1. The van der Waals surface area contributed by atoms with Gasteiger partial charge in [0.15, 0.2) is 6.10 Å². The Morgan fingerprint density at radius 2 is 1.62 bits per heavy atom. The zero-order valence-electron chi connectivity index (χ0n) is 13.6.